The molecule has 1 saturated heterocycles. The fourth-order valence-electron chi connectivity index (χ4n) is 3.23. The fraction of sp³-hybridized carbons (Fsp3) is 0.429. The van der Waals surface area contributed by atoms with Gasteiger partial charge >= 0.3 is 5.97 Å². The minimum Gasteiger partial charge on any atom is -0.491 e. The number of aliphatic hydroxyl groups excluding tert-OH is 1. The average Bonchev–Trinajstić information content (AvgIpc) is 2.74. The quantitative estimate of drug-likeness (QED) is 0.689. The molecule has 0 spiro atoms. The summed E-state index contributed by atoms with van der Waals surface area (Å²) in [5.41, 5.74) is 1.70. The van der Waals surface area contributed by atoms with Gasteiger partial charge in [-0.3, -0.25) is 14.8 Å². The van der Waals surface area contributed by atoms with Gasteiger partial charge in [-0.1, -0.05) is 6.07 Å². The number of β-amino-alcohol motifs (C(OH)–C–C–N with tert-alkyl or cyclic N) is 1. The maximum atomic E-state index is 11.4. The lowest BCUT2D eigenvalue weighted by Gasteiger charge is -2.35. The number of carbonyl (C=O) groups excluding carboxylic acids is 1. The fourth-order valence-corrected chi connectivity index (χ4v) is 3.23. The van der Waals surface area contributed by atoms with Gasteiger partial charge in [-0.15, -0.1) is 0 Å². The number of piperazine rings is 1. The monoisotopic (exact) mass is 385 g/mol. The summed E-state index contributed by atoms with van der Waals surface area (Å²) in [4.78, 5) is 20.2. The molecule has 1 N–H and O–H groups in total. The molecule has 1 aliphatic heterocycles. The summed E-state index contributed by atoms with van der Waals surface area (Å²) in [5.74, 6) is 0.238. The van der Waals surface area contributed by atoms with Gasteiger partial charge in [-0.05, 0) is 35.9 Å². The highest BCUT2D eigenvalue weighted by Gasteiger charge is 2.19. The van der Waals surface area contributed by atoms with Gasteiger partial charge in [0.05, 0.1) is 12.7 Å². The number of hydrogen-bond acceptors (Lipinski definition) is 7. The minimum absolute atomic E-state index is 0.216. The van der Waals surface area contributed by atoms with E-state index in [1.54, 1.807) is 30.5 Å². The van der Waals surface area contributed by atoms with Crippen LogP contribution in [-0.4, -0.2) is 78.4 Å². The maximum absolute atomic E-state index is 11.4. The third-order valence-corrected chi connectivity index (χ3v) is 4.78. The molecule has 28 heavy (non-hydrogen) atoms. The second-order valence-electron chi connectivity index (χ2n) is 6.92. The van der Waals surface area contributed by atoms with Crippen molar-refractivity contribution >= 4 is 5.97 Å². The Labute approximate surface area is 165 Å². The average molecular weight is 385 g/mol. The summed E-state index contributed by atoms with van der Waals surface area (Å²) in [6.45, 7) is 5.49. The minimum atomic E-state index is -0.565. The van der Waals surface area contributed by atoms with Gasteiger partial charge in [0.2, 0.25) is 0 Å². The van der Waals surface area contributed by atoms with E-state index in [0.717, 1.165) is 32.7 Å². The number of benzene rings is 1. The third kappa shape index (κ3) is 6.02. The van der Waals surface area contributed by atoms with Crippen LogP contribution in [0.25, 0.3) is 0 Å². The predicted octanol–water partition coefficient (Wildman–Crippen LogP) is 1.43. The summed E-state index contributed by atoms with van der Waals surface area (Å²) in [6, 6.07) is 10.8. The Kier molecular flexibility index (Phi) is 7.36. The first-order valence-corrected chi connectivity index (χ1v) is 9.47. The van der Waals surface area contributed by atoms with Crippen molar-refractivity contribution in [2.45, 2.75) is 12.6 Å². The molecule has 1 atom stereocenters. The van der Waals surface area contributed by atoms with Gasteiger partial charge in [0.15, 0.2) is 0 Å². The van der Waals surface area contributed by atoms with E-state index in [-0.39, 0.29) is 12.6 Å². The van der Waals surface area contributed by atoms with Crippen molar-refractivity contribution in [1.29, 1.82) is 0 Å². The Balaban J connectivity index is 1.36. The number of pyridine rings is 1. The number of methoxy groups -OCH3 is 1. The van der Waals surface area contributed by atoms with Crippen LogP contribution in [0.1, 0.15) is 15.9 Å². The highest BCUT2D eigenvalue weighted by atomic mass is 16.5. The largest absolute Gasteiger partial charge is 0.491 e. The maximum Gasteiger partial charge on any atom is 0.337 e. The zero-order chi connectivity index (χ0) is 19.8. The van der Waals surface area contributed by atoms with Crippen LogP contribution in [0.3, 0.4) is 0 Å². The normalized spacial score (nSPS) is 16.5. The second kappa shape index (κ2) is 10.2. The number of rotatable bonds is 8. The van der Waals surface area contributed by atoms with Gasteiger partial charge < -0.3 is 14.6 Å². The second-order valence-corrected chi connectivity index (χ2v) is 6.92. The predicted molar refractivity (Wildman–Crippen MR) is 105 cm³/mol. The van der Waals surface area contributed by atoms with E-state index >= 15 is 0 Å². The summed E-state index contributed by atoms with van der Waals surface area (Å²) in [5, 5.41) is 10.3. The molecule has 150 valence electrons. The molecule has 1 aliphatic rings. The molecule has 1 aromatic carbocycles. The van der Waals surface area contributed by atoms with Crippen molar-refractivity contribution in [3.63, 3.8) is 0 Å². The van der Waals surface area contributed by atoms with Crippen LogP contribution >= 0.6 is 0 Å². The molecule has 0 radical (unpaired) electrons. The van der Waals surface area contributed by atoms with Crippen LogP contribution in [0.5, 0.6) is 5.75 Å². The first-order valence-electron chi connectivity index (χ1n) is 9.47. The first-order chi connectivity index (χ1) is 13.6. The lowest BCUT2D eigenvalue weighted by atomic mass is 10.2. The molecule has 7 nitrogen and oxygen atoms in total. The van der Waals surface area contributed by atoms with E-state index in [4.69, 9.17) is 4.74 Å². The van der Waals surface area contributed by atoms with E-state index in [9.17, 15) is 9.90 Å². The lowest BCUT2D eigenvalue weighted by Crippen LogP contribution is -2.48. The third-order valence-electron chi connectivity index (χ3n) is 4.78. The van der Waals surface area contributed by atoms with Crippen LogP contribution in [0, 0.1) is 0 Å². The number of nitrogens with zero attached hydrogens (tertiary/aromatic N) is 3. The highest BCUT2D eigenvalue weighted by Crippen LogP contribution is 2.14. The smallest absolute Gasteiger partial charge is 0.337 e. The van der Waals surface area contributed by atoms with Crippen LogP contribution in [0.2, 0.25) is 0 Å². The van der Waals surface area contributed by atoms with Crippen molar-refractivity contribution < 1.29 is 19.4 Å². The molecule has 0 bridgehead atoms. The van der Waals surface area contributed by atoms with E-state index in [0.29, 0.717) is 17.9 Å². The van der Waals surface area contributed by atoms with E-state index < -0.39 is 6.10 Å². The standard InChI is InChI=1S/C21H27N3O4/c1-27-21(26)18-4-6-20(7-5-18)28-16-19(25)15-24-11-9-23(10-12-24)14-17-3-2-8-22-13-17/h2-8,13,19,25H,9-12,14-16H2,1H3/t19-/m0/s1. The van der Waals surface area contributed by atoms with Crippen molar-refractivity contribution in [1.82, 2.24) is 14.8 Å². The Morgan fingerprint density at radius 3 is 2.50 bits per heavy atom. The molecule has 0 saturated carbocycles. The first kappa shape index (κ1) is 20.3. The number of aliphatic hydroxyl groups is 1. The number of esters is 1. The zero-order valence-corrected chi connectivity index (χ0v) is 16.2. The molecule has 7 heteroatoms. The van der Waals surface area contributed by atoms with Crippen LogP contribution < -0.4 is 4.74 Å². The number of ether oxygens (including phenoxy) is 2. The van der Waals surface area contributed by atoms with Gasteiger partial charge in [-0.25, -0.2) is 4.79 Å². The molecule has 2 heterocycles. The molecule has 1 aromatic heterocycles. The van der Waals surface area contributed by atoms with Gasteiger partial charge in [0.25, 0.3) is 0 Å². The summed E-state index contributed by atoms with van der Waals surface area (Å²) in [6.07, 6.45) is 3.13. The molecule has 3 rings (SSSR count). The summed E-state index contributed by atoms with van der Waals surface area (Å²) in [7, 11) is 1.35. The lowest BCUT2D eigenvalue weighted by molar-refractivity contribution is 0.0445. The molecular formula is C21H27N3O4. The summed E-state index contributed by atoms with van der Waals surface area (Å²) >= 11 is 0. The molecular weight excluding hydrogens is 358 g/mol. The number of carbonyl (C=O) groups is 1. The number of hydrogen-bond donors (Lipinski definition) is 1. The SMILES string of the molecule is COC(=O)c1ccc(OC[C@@H](O)CN2CCN(Cc3cccnc3)CC2)cc1. The van der Waals surface area contributed by atoms with Crippen molar-refractivity contribution in [2.24, 2.45) is 0 Å². The van der Waals surface area contributed by atoms with Gasteiger partial charge in [-0.2, -0.15) is 0 Å². The Hall–Kier alpha value is -2.48. The Bertz CT molecular complexity index is 731. The van der Waals surface area contributed by atoms with Gasteiger partial charge in [0.1, 0.15) is 18.5 Å². The molecule has 0 amide bonds. The Morgan fingerprint density at radius 2 is 1.86 bits per heavy atom. The zero-order valence-electron chi connectivity index (χ0n) is 16.2. The Morgan fingerprint density at radius 1 is 1.14 bits per heavy atom. The van der Waals surface area contributed by atoms with E-state index in [1.807, 2.05) is 12.3 Å². The topological polar surface area (TPSA) is 75.1 Å². The van der Waals surface area contributed by atoms with E-state index in [1.165, 1.54) is 12.7 Å². The highest BCUT2D eigenvalue weighted by molar-refractivity contribution is 5.89. The molecule has 0 aliphatic carbocycles. The van der Waals surface area contributed by atoms with Crippen molar-refractivity contribution in [3.8, 4) is 5.75 Å². The van der Waals surface area contributed by atoms with Crippen molar-refractivity contribution in [3.05, 3.63) is 59.9 Å². The van der Waals surface area contributed by atoms with Crippen LogP contribution in [0.4, 0.5) is 0 Å². The molecule has 0 unspecified atom stereocenters. The number of aromatic nitrogens is 1. The van der Waals surface area contributed by atoms with Crippen LogP contribution in [-0.2, 0) is 11.3 Å². The van der Waals surface area contributed by atoms with Gasteiger partial charge in [0, 0.05) is 51.7 Å². The van der Waals surface area contributed by atoms with Crippen molar-refractivity contribution in [2.75, 3.05) is 46.4 Å². The molecule has 2 aromatic rings. The molecule has 1 fully saturated rings. The van der Waals surface area contributed by atoms with Crippen LogP contribution in [0.15, 0.2) is 48.8 Å². The van der Waals surface area contributed by atoms with E-state index in [2.05, 4.69) is 25.6 Å². The summed E-state index contributed by atoms with van der Waals surface area (Å²) < 4.78 is 10.3.